The molecule has 88 valence electrons. The van der Waals surface area contributed by atoms with Crippen molar-refractivity contribution in [2.75, 3.05) is 19.7 Å². The largest absolute Gasteiger partial charge is 0.396 e. The first-order valence-electron chi connectivity index (χ1n) is 6.14. The van der Waals surface area contributed by atoms with Crippen LogP contribution < -0.4 is 5.32 Å². The quantitative estimate of drug-likeness (QED) is 0.751. The Labute approximate surface area is 94.9 Å². The van der Waals surface area contributed by atoms with E-state index >= 15 is 0 Å². The number of aromatic nitrogens is 3. The van der Waals surface area contributed by atoms with Crippen LogP contribution in [0.5, 0.6) is 0 Å². The molecule has 2 atom stereocenters. The molecule has 0 amide bonds. The summed E-state index contributed by atoms with van der Waals surface area (Å²) in [7, 11) is 0. The number of nitrogens with one attached hydrogen (secondary N) is 1. The predicted octanol–water partition coefficient (Wildman–Crippen LogP) is 0.225. The lowest BCUT2D eigenvalue weighted by Gasteiger charge is -2.22. The second-order valence-corrected chi connectivity index (χ2v) is 4.78. The normalized spacial score (nSPS) is 29.3. The van der Waals surface area contributed by atoms with Crippen molar-refractivity contribution in [3.8, 4) is 0 Å². The molecule has 1 aromatic heterocycles. The Morgan fingerprint density at radius 1 is 1.31 bits per heavy atom. The van der Waals surface area contributed by atoms with Gasteiger partial charge in [-0.25, -0.2) is 0 Å². The van der Waals surface area contributed by atoms with E-state index in [1.807, 2.05) is 0 Å². The van der Waals surface area contributed by atoms with Crippen LogP contribution in [0.1, 0.15) is 42.7 Å². The lowest BCUT2D eigenvalue weighted by atomic mass is 9.99. The van der Waals surface area contributed by atoms with E-state index in [0.717, 1.165) is 50.5 Å². The first kappa shape index (κ1) is 10.2. The third kappa shape index (κ3) is 1.55. The van der Waals surface area contributed by atoms with Crippen molar-refractivity contribution in [2.45, 2.75) is 37.6 Å². The molecule has 0 aromatic carbocycles. The molecule has 2 unspecified atom stereocenters. The van der Waals surface area contributed by atoms with Gasteiger partial charge in [0, 0.05) is 24.9 Å². The van der Waals surface area contributed by atoms with Crippen molar-refractivity contribution >= 4 is 0 Å². The molecule has 5 heteroatoms. The standard InChI is InChI=1S/C11H18N4O/c16-7-9-2-1-5-15-10(13-14-11(9)15)8-3-4-12-6-8/h8-9,12,16H,1-7H2. The van der Waals surface area contributed by atoms with Crippen LogP contribution in [0.15, 0.2) is 0 Å². The van der Waals surface area contributed by atoms with Gasteiger partial charge in [0.05, 0.1) is 6.61 Å². The Kier molecular flexibility index (Phi) is 2.65. The summed E-state index contributed by atoms with van der Waals surface area (Å²) in [5, 5.41) is 21.3. The van der Waals surface area contributed by atoms with Crippen LogP contribution in [0.4, 0.5) is 0 Å². The minimum absolute atomic E-state index is 0.195. The van der Waals surface area contributed by atoms with E-state index in [9.17, 15) is 5.11 Å². The van der Waals surface area contributed by atoms with Gasteiger partial charge in [-0.2, -0.15) is 0 Å². The van der Waals surface area contributed by atoms with E-state index in [4.69, 9.17) is 0 Å². The SMILES string of the molecule is OCC1CCCn2c1nnc2C1CCNC1. The minimum Gasteiger partial charge on any atom is -0.396 e. The van der Waals surface area contributed by atoms with Crippen LogP contribution in [0.2, 0.25) is 0 Å². The molecule has 3 rings (SSSR count). The molecular weight excluding hydrogens is 204 g/mol. The first-order valence-corrected chi connectivity index (χ1v) is 6.14. The summed E-state index contributed by atoms with van der Waals surface area (Å²) in [5.74, 6) is 2.83. The highest BCUT2D eigenvalue weighted by atomic mass is 16.3. The van der Waals surface area contributed by atoms with Crippen LogP contribution >= 0.6 is 0 Å². The van der Waals surface area contributed by atoms with E-state index in [1.54, 1.807) is 0 Å². The molecule has 0 aliphatic carbocycles. The van der Waals surface area contributed by atoms with Crippen molar-refractivity contribution in [3.05, 3.63) is 11.6 Å². The fourth-order valence-corrected chi connectivity index (χ4v) is 2.83. The first-order chi connectivity index (χ1) is 7.90. The lowest BCUT2D eigenvalue weighted by molar-refractivity contribution is 0.236. The fraction of sp³-hybridized carbons (Fsp3) is 0.818. The minimum atomic E-state index is 0.195. The third-order valence-electron chi connectivity index (χ3n) is 3.75. The average molecular weight is 222 g/mol. The van der Waals surface area contributed by atoms with E-state index in [1.165, 1.54) is 0 Å². The smallest absolute Gasteiger partial charge is 0.138 e. The monoisotopic (exact) mass is 222 g/mol. The van der Waals surface area contributed by atoms with Gasteiger partial charge in [0.25, 0.3) is 0 Å². The molecule has 1 saturated heterocycles. The van der Waals surface area contributed by atoms with Crippen LogP contribution in [0.3, 0.4) is 0 Å². The Morgan fingerprint density at radius 3 is 2.94 bits per heavy atom. The molecule has 3 heterocycles. The Hall–Kier alpha value is -0.940. The molecule has 0 saturated carbocycles. The zero-order valence-corrected chi connectivity index (χ0v) is 9.39. The fourth-order valence-electron chi connectivity index (χ4n) is 2.83. The molecule has 2 aliphatic rings. The molecule has 2 N–H and O–H groups in total. The molecule has 1 aromatic rings. The van der Waals surface area contributed by atoms with Crippen molar-refractivity contribution in [2.24, 2.45) is 0 Å². The summed E-state index contributed by atoms with van der Waals surface area (Å²) in [4.78, 5) is 0. The van der Waals surface area contributed by atoms with Crippen LogP contribution in [-0.4, -0.2) is 39.6 Å². The highest BCUT2D eigenvalue weighted by Crippen LogP contribution is 2.29. The highest BCUT2D eigenvalue weighted by Gasteiger charge is 2.29. The predicted molar refractivity (Wildman–Crippen MR) is 59.3 cm³/mol. The molecule has 0 bridgehead atoms. The summed E-state index contributed by atoms with van der Waals surface area (Å²) < 4.78 is 2.24. The lowest BCUT2D eigenvalue weighted by Crippen LogP contribution is -2.21. The second-order valence-electron chi connectivity index (χ2n) is 4.78. The number of hydrogen-bond donors (Lipinski definition) is 2. The van der Waals surface area contributed by atoms with Crippen molar-refractivity contribution in [1.29, 1.82) is 0 Å². The average Bonchev–Trinajstić information content (AvgIpc) is 2.96. The molecule has 2 aliphatic heterocycles. The van der Waals surface area contributed by atoms with Crippen LogP contribution in [0, 0.1) is 0 Å². The van der Waals surface area contributed by atoms with E-state index in [2.05, 4.69) is 20.1 Å². The molecule has 0 spiro atoms. The summed E-state index contributed by atoms with van der Waals surface area (Å²) in [5.41, 5.74) is 0. The van der Waals surface area contributed by atoms with E-state index in [0.29, 0.717) is 5.92 Å². The number of rotatable bonds is 2. The number of hydrogen-bond acceptors (Lipinski definition) is 4. The summed E-state index contributed by atoms with van der Waals surface area (Å²) in [6, 6.07) is 0. The molecule has 16 heavy (non-hydrogen) atoms. The van der Waals surface area contributed by atoms with Crippen LogP contribution in [0.25, 0.3) is 0 Å². The maximum absolute atomic E-state index is 9.32. The number of fused-ring (bicyclic) bond motifs is 1. The van der Waals surface area contributed by atoms with Gasteiger partial charge in [0.2, 0.25) is 0 Å². The van der Waals surface area contributed by atoms with Crippen molar-refractivity contribution < 1.29 is 5.11 Å². The van der Waals surface area contributed by atoms with Gasteiger partial charge in [0.1, 0.15) is 11.6 Å². The van der Waals surface area contributed by atoms with E-state index < -0.39 is 0 Å². The maximum Gasteiger partial charge on any atom is 0.138 e. The zero-order chi connectivity index (χ0) is 11.0. The third-order valence-corrected chi connectivity index (χ3v) is 3.75. The van der Waals surface area contributed by atoms with Crippen molar-refractivity contribution in [1.82, 2.24) is 20.1 Å². The second kappa shape index (κ2) is 4.14. The summed E-state index contributed by atoms with van der Waals surface area (Å²) in [6.45, 7) is 3.31. The Balaban J connectivity index is 1.93. The Bertz CT molecular complexity index is 370. The topological polar surface area (TPSA) is 63.0 Å². The summed E-state index contributed by atoms with van der Waals surface area (Å²) >= 11 is 0. The Morgan fingerprint density at radius 2 is 2.19 bits per heavy atom. The maximum atomic E-state index is 9.32. The van der Waals surface area contributed by atoms with Gasteiger partial charge in [-0.15, -0.1) is 10.2 Å². The van der Waals surface area contributed by atoms with Gasteiger partial charge >= 0.3 is 0 Å². The number of aliphatic hydroxyl groups is 1. The molecule has 5 nitrogen and oxygen atoms in total. The van der Waals surface area contributed by atoms with Gasteiger partial charge in [-0.1, -0.05) is 0 Å². The number of aliphatic hydroxyl groups excluding tert-OH is 1. The van der Waals surface area contributed by atoms with Gasteiger partial charge in [0.15, 0.2) is 0 Å². The van der Waals surface area contributed by atoms with Crippen molar-refractivity contribution in [3.63, 3.8) is 0 Å². The zero-order valence-electron chi connectivity index (χ0n) is 9.39. The molecular formula is C11H18N4O. The molecule has 0 radical (unpaired) electrons. The van der Waals surface area contributed by atoms with Gasteiger partial charge in [-0.05, 0) is 25.8 Å². The number of nitrogens with zero attached hydrogens (tertiary/aromatic N) is 3. The van der Waals surface area contributed by atoms with Gasteiger partial charge in [-0.3, -0.25) is 0 Å². The molecule has 1 fully saturated rings. The van der Waals surface area contributed by atoms with E-state index in [-0.39, 0.29) is 12.5 Å². The van der Waals surface area contributed by atoms with Crippen LogP contribution in [-0.2, 0) is 6.54 Å². The highest BCUT2D eigenvalue weighted by molar-refractivity contribution is 5.10. The van der Waals surface area contributed by atoms with Gasteiger partial charge < -0.3 is 15.0 Å². The summed E-state index contributed by atoms with van der Waals surface area (Å²) in [6.07, 6.45) is 3.32.